The number of methoxy groups -OCH3 is 1. The van der Waals surface area contributed by atoms with Crippen LogP contribution in [0.5, 0.6) is 23.0 Å². The number of amides is 1. The van der Waals surface area contributed by atoms with Crippen LogP contribution in [0.1, 0.15) is 78.0 Å². The maximum Gasteiger partial charge on any atom is 0.328 e. The minimum Gasteiger partial charge on any atom is -0.507 e. The van der Waals surface area contributed by atoms with Gasteiger partial charge in [0.1, 0.15) is 65.7 Å². The second-order valence-electron chi connectivity index (χ2n) is 15.1. The number of ketones is 2. The van der Waals surface area contributed by atoms with Gasteiger partial charge in [-0.15, -0.1) is 0 Å². The molecule has 21 heteroatoms. The number of rotatable bonds is 10. The van der Waals surface area contributed by atoms with Crippen molar-refractivity contribution in [2.75, 3.05) is 27.4 Å². The number of hydrogen-bond donors (Lipinski definition) is 12. The molecule has 0 radical (unpaired) electrons. The Bertz CT molecular complexity index is 2300. The highest BCUT2D eigenvalue weighted by molar-refractivity contribution is 6.31. The first-order chi connectivity index (χ1) is 28.9. The molecule has 328 valence electrons. The quantitative estimate of drug-likeness (QED) is 0.0851. The molecule has 2 saturated heterocycles. The van der Waals surface area contributed by atoms with Gasteiger partial charge in [0.05, 0.1) is 49.2 Å². The van der Waals surface area contributed by atoms with Gasteiger partial charge >= 0.3 is 5.97 Å². The number of nitrogens with one attached hydrogen (secondary N) is 2. The Hall–Kier alpha value is -5.30. The van der Waals surface area contributed by atoms with Crippen molar-refractivity contribution in [3.05, 3.63) is 68.8 Å². The van der Waals surface area contributed by atoms with Crippen LogP contribution in [0.15, 0.2) is 24.3 Å². The minimum absolute atomic E-state index is 0.000623. The van der Waals surface area contributed by atoms with E-state index in [9.17, 15) is 70.2 Å². The fraction of sp³-hybridized carbons (Fsp3) is 0.450. The second-order valence-corrected chi connectivity index (χ2v) is 15.1. The van der Waals surface area contributed by atoms with E-state index in [0.717, 1.165) is 12.1 Å². The topological polar surface area (TPSA) is 341 Å². The summed E-state index contributed by atoms with van der Waals surface area (Å²) in [5.74, 6) is -7.18. The first kappa shape index (κ1) is 43.8. The molecule has 7 rings (SSSR count). The van der Waals surface area contributed by atoms with Crippen molar-refractivity contribution >= 4 is 23.4 Å². The van der Waals surface area contributed by atoms with Gasteiger partial charge < -0.3 is 85.4 Å². The number of aromatic hydroxyl groups is 3. The van der Waals surface area contributed by atoms with Crippen LogP contribution in [0.25, 0.3) is 11.1 Å². The molecular weight excluding hydrogens is 812 g/mol. The molecule has 4 aliphatic rings. The zero-order chi connectivity index (χ0) is 44.5. The Morgan fingerprint density at radius 1 is 0.852 bits per heavy atom. The minimum atomic E-state index is -1.93. The van der Waals surface area contributed by atoms with E-state index in [1.807, 2.05) is 0 Å². The molecule has 3 aromatic rings. The summed E-state index contributed by atoms with van der Waals surface area (Å²) in [7, 11) is 2.78. The number of ether oxygens (including phenoxy) is 5. The zero-order valence-corrected chi connectivity index (χ0v) is 32.8. The van der Waals surface area contributed by atoms with E-state index in [0.29, 0.717) is 0 Å². The number of aliphatic hydroxyl groups excluding tert-OH is 6. The predicted molar refractivity (Wildman–Crippen MR) is 202 cm³/mol. The van der Waals surface area contributed by atoms with Gasteiger partial charge in [0.15, 0.2) is 30.2 Å². The standard InChI is InChI=1S/C40H44N2O19/c1-11-5-17-24(31(50)21(11)37(54)42-18(9-43)38(55)56)23-15(8-16-25(32(23)51)28(47)14-6-13(57-4)7-19(44)22(14)27(16)46)29(48)35(17)60-40-34(53)36(26(41-3)12(2)59-40)61-39-33(52)30(49)20(45)10-58-39/h5-8,12,18,20,26,29-30,33-36,39-41,43-45,48-53H,9-10H2,1-4H3,(H,42,54)(H,55,56)/t12?,18?,20?,26?,29-,30?,33?,34?,35-,36?,39?,40?/m0/s1. The summed E-state index contributed by atoms with van der Waals surface area (Å²) in [6.45, 7) is 1.46. The van der Waals surface area contributed by atoms with Gasteiger partial charge in [-0.25, -0.2) is 4.79 Å². The molecule has 2 aliphatic heterocycles. The van der Waals surface area contributed by atoms with Crippen molar-refractivity contribution in [2.24, 2.45) is 0 Å². The van der Waals surface area contributed by atoms with Crippen molar-refractivity contribution < 1.29 is 93.9 Å². The molecule has 1 amide bonds. The highest BCUT2D eigenvalue weighted by Gasteiger charge is 2.51. The number of benzene rings is 3. The number of carboxylic acid groups (broad SMARTS) is 1. The Morgan fingerprint density at radius 2 is 1.51 bits per heavy atom. The largest absolute Gasteiger partial charge is 0.507 e. The van der Waals surface area contributed by atoms with Crippen molar-refractivity contribution in [3.8, 4) is 34.1 Å². The van der Waals surface area contributed by atoms with Gasteiger partial charge in [0.2, 0.25) is 0 Å². The summed E-state index contributed by atoms with van der Waals surface area (Å²) < 4.78 is 28.9. The zero-order valence-electron chi connectivity index (χ0n) is 32.8. The molecule has 10 unspecified atom stereocenters. The first-order valence-corrected chi connectivity index (χ1v) is 18.9. The summed E-state index contributed by atoms with van der Waals surface area (Å²) in [4.78, 5) is 53.4. The molecule has 0 spiro atoms. The van der Waals surface area contributed by atoms with E-state index < -0.39 is 161 Å². The van der Waals surface area contributed by atoms with E-state index in [1.165, 1.54) is 33.2 Å². The Kier molecular flexibility index (Phi) is 11.9. The summed E-state index contributed by atoms with van der Waals surface area (Å²) in [6, 6.07) is 1.91. The van der Waals surface area contributed by atoms with Crippen molar-refractivity contribution in [2.45, 2.75) is 87.3 Å². The van der Waals surface area contributed by atoms with Crippen LogP contribution in [-0.2, 0) is 23.7 Å². The van der Waals surface area contributed by atoms with Gasteiger partial charge in [0.25, 0.3) is 5.91 Å². The van der Waals surface area contributed by atoms with E-state index in [1.54, 1.807) is 6.92 Å². The van der Waals surface area contributed by atoms with E-state index in [4.69, 9.17) is 23.7 Å². The van der Waals surface area contributed by atoms with Crippen molar-refractivity contribution in [3.63, 3.8) is 0 Å². The number of likely N-dealkylation sites (N-methyl/N-ethyl adjacent to an activating group) is 1. The van der Waals surface area contributed by atoms with E-state index >= 15 is 0 Å². The highest BCUT2D eigenvalue weighted by atomic mass is 16.7. The van der Waals surface area contributed by atoms with Gasteiger partial charge in [-0.2, -0.15) is 0 Å². The molecule has 2 aliphatic carbocycles. The number of fused-ring (bicyclic) bond motifs is 5. The number of phenolic OH excluding ortho intramolecular Hbond substituents is 3. The van der Waals surface area contributed by atoms with Crippen LogP contribution >= 0.6 is 0 Å². The monoisotopic (exact) mass is 856 g/mol. The first-order valence-electron chi connectivity index (χ1n) is 18.9. The molecule has 12 N–H and O–H groups in total. The number of carboxylic acids is 1. The lowest BCUT2D eigenvalue weighted by Gasteiger charge is -2.47. The average molecular weight is 857 g/mol. The number of hydrogen-bond acceptors (Lipinski definition) is 19. The number of aryl methyl sites for hydroxylation is 1. The van der Waals surface area contributed by atoms with E-state index in [2.05, 4.69) is 10.6 Å². The molecule has 0 saturated carbocycles. The number of aliphatic carboxylic acids is 1. The molecule has 0 bridgehead atoms. The third kappa shape index (κ3) is 7.16. The van der Waals surface area contributed by atoms with Crippen molar-refractivity contribution in [1.82, 2.24) is 10.6 Å². The summed E-state index contributed by atoms with van der Waals surface area (Å²) in [5, 5.41) is 114. The van der Waals surface area contributed by atoms with Gasteiger partial charge in [-0.05, 0) is 49.7 Å². The van der Waals surface area contributed by atoms with Crippen molar-refractivity contribution in [1.29, 1.82) is 0 Å². The average Bonchev–Trinajstić information content (AvgIpc) is 3.21. The number of carbonyl (C=O) groups excluding carboxylic acids is 3. The molecule has 12 atom stereocenters. The van der Waals surface area contributed by atoms with Crippen LogP contribution in [0.3, 0.4) is 0 Å². The van der Waals surface area contributed by atoms with Crippen LogP contribution in [-0.4, -0.2) is 163 Å². The molecule has 3 aromatic carbocycles. The number of aliphatic hydroxyl groups is 6. The van der Waals surface area contributed by atoms with Gasteiger partial charge in [-0.3, -0.25) is 14.4 Å². The fourth-order valence-corrected chi connectivity index (χ4v) is 8.38. The smallest absolute Gasteiger partial charge is 0.328 e. The fourth-order valence-electron chi connectivity index (χ4n) is 8.38. The number of phenols is 3. The molecule has 0 aromatic heterocycles. The Labute approximate surface area is 345 Å². The van der Waals surface area contributed by atoms with Gasteiger partial charge in [0, 0.05) is 28.3 Å². The SMILES string of the molecule is CNC1C(C)OC(O[C@H]2c3cc(C)c(C(=O)NC(CO)C(=O)O)c(O)c3-c3c(cc4c(c3O)C(=O)c3cc(OC)cc(O)c3C4=O)[C@@H]2O)C(O)C1OC1OCC(O)C(O)C1O. The Morgan fingerprint density at radius 3 is 2.15 bits per heavy atom. The second kappa shape index (κ2) is 16.5. The summed E-state index contributed by atoms with van der Waals surface area (Å²) in [5.41, 5.74) is -3.82. The maximum atomic E-state index is 14.1. The predicted octanol–water partition coefficient (Wildman–Crippen LogP) is -1.64. The molecular formula is C40H44N2O19. The third-order valence-electron chi connectivity index (χ3n) is 11.5. The lowest BCUT2D eigenvalue weighted by Crippen LogP contribution is -2.65. The lowest BCUT2D eigenvalue weighted by molar-refractivity contribution is -0.339. The summed E-state index contributed by atoms with van der Waals surface area (Å²) in [6.07, 6.45) is -15.7. The lowest BCUT2D eigenvalue weighted by atomic mass is 9.74. The molecule has 2 heterocycles. The summed E-state index contributed by atoms with van der Waals surface area (Å²) >= 11 is 0. The van der Waals surface area contributed by atoms with Crippen LogP contribution in [0.4, 0.5) is 0 Å². The van der Waals surface area contributed by atoms with Crippen LogP contribution < -0.4 is 15.4 Å². The maximum absolute atomic E-state index is 14.1. The van der Waals surface area contributed by atoms with Crippen LogP contribution in [0.2, 0.25) is 0 Å². The molecule has 21 nitrogen and oxygen atoms in total. The van der Waals surface area contributed by atoms with Crippen LogP contribution in [0, 0.1) is 6.92 Å². The molecule has 2 fully saturated rings. The van der Waals surface area contributed by atoms with E-state index in [-0.39, 0.29) is 28.0 Å². The Balaban J connectivity index is 1.37. The number of carbonyl (C=O) groups is 4. The normalized spacial score (nSPS) is 29.8. The highest BCUT2D eigenvalue weighted by Crippen LogP contribution is 2.57. The molecule has 61 heavy (non-hydrogen) atoms. The van der Waals surface area contributed by atoms with Gasteiger partial charge in [-0.1, -0.05) is 6.07 Å². The third-order valence-corrected chi connectivity index (χ3v) is 11.5.